The van der Waals surface area contributed by atoms with Crippen LogP contribution in [0, 0.1) is 0 Å². The Morgan fingerprint density at radius 3 is 1.90 bits per heavy atom. The Hall–Kier alpha value is -0.990. The highest BCUT2D eigenvalue weighted by molar-refractivity contribution is 4.98. The summed E-state index contributed by atoms with van der Waals surface area (Å²) in [4.78, 5) is 0. The summed E-state index contributed by atoms with van der Waals surface area (Å²) in [6, 6.07) is 0. The molecular weight excluding hydrogens is 309 g/mol. The molecule has 0 unspecified atom stereocenters. The predicted octanol–water partition coefficient (Wildman–Crippen LogP) is 5.25. The van der Waals surface area contributed by atoms with Crippen LogP contribution in [0.3, 0.4) is 0 Å². The predicted molar refractivity (Wildman–Crippen MR) is 60.9 cm³/mol. The van der Waals surface area contributed by atoms with Gasteiger partial charge in [0.25, 0.3) is 0 Å². The molecule has 0 aromatic heterocycles. The summed E-state index contributed by atoms with van der Waals surface area (Å²) in [7, 11) is 0. The number of hydrogen-bond acceptors (Lipinski definition) is 2. The summed E-state index contributed by atoms with van der Waals surface area (Å²) < 4.78 is 98.3. The molecule has 0 aromatic carbocycles. The van der Waals surface area contributed by atoms with Gasteiger partial charge in [0, 0.05) is 0 Å². The Labute approximate surface area is 117 Å². The molecule has 0 radical (unpaired) electrons. The first-order valence-corrected chi connectivity index (χ1v) is 6.14. The van der Waals surface area contributed by atoms with Gasteiger partial charge in [-0.05, 0) is 20.3 Å². The van der Waals surface area contributed by atoms with Crippen LogP contribution in [0.1, 0.15) is 40.0 Å². The first-order chi connectivity index (χ1) is 9.32. The van der Waals surface area contributed by atoms with Crippen LogP contribution in [0.15, 0.2) is 11.8 Å². The average Bonchev–Trinajstić information content (AvgIpc) is 2.25. The Bertz CT molecular complexity index is 357. The Morgan fingerprint density at radius 1 is 1.00 bits per heavy atom. The van der Waals surface area contributed by atoms with Gasteiger partial charge in [-0.1, -0.05) is 13.3 Å². The lowest BCUT2D eigenvalue weighted by Gasteiger charge is -2.28. The molecule has 0 saturated carbocycles. The molecule has 0 amide bonds. The number of rotatable bonds is 9. The van der Waals surface area contributed by atoms with E-state index < -0.39 is 42.8 Å². The van der Waals surface area contributed by atoms with E-state index in [9.17, 15) is 30.7 Å². The van der Waals surface area contributed by atoms with E-state index in [4.69, 9.17) is 0 Å². The molecule has 9 heteroatoms. The van der Waals surface area contributed by atoms with Crippen LogP contribution in [-0.4, -0.2) is 24.5 Å². The van der Waals surface area contributed by atoms with E-state index in [0.29, 0.717) is 20.3 Å². The Balaban J connectivity index is 4.93. The van der Waals surface area contributed by atoms with Crippen LogP contribution in [0.25, 0.3) is 0 Å². The second-order valence-corrected chi connectivity index (χ2v) is 4.79. The topological polar surface area (TPSA) is 18.5 Å². The van der Waals surface area contributed by atoms with E-state index in [2.05, 4.69) is 9.47 Å². The molecule has 0 saturated heterocycles. The average molecular weight is 326 g/mol. The Morgan fingerprint density at radius 2 is 1.52 bits per heavy atom. The van der Waals surface area contributed by atoms with Crippen LogP contribution in [0.2, 0.25) is 0 Å². The van der Waals surface area contributed by atoms with Crippen molar-refractivity contribution in [1.82, 2.24) is 0 Å². The molecule has 0 atom stereocenters. The van der Waals surface area contributed by atoms with Crippen LogP contribution in [0.4, 0.5) is 30.7 Å². The van der Waals surface area contributed by atoms with Gasteiger partial charge < -0.3 is 9.47 Å². The van der Waals surface area contributed by atoms with E-state index in [1.807, 2.05) is 0 Å². The largest absolute Gasteiger partial charge is 0.432 e. The van der Waals surface area contributed by atoms with E-state index in [1.165, 1.54) is 0 Å². The van der Waals surface area contributed by atoms with E-state index in [0.717, 1.165) is 0 Å². The van der Waals surface area contributed by atoms with Crippen LogP contribution in [-0.2, 0) is 9.47 Å². The van der Waals surface area contributed by atoms with E-state index in [-0.39, 0.29) is 6.42 Å². The SMILES string of the molecule is CCCCOC(F)(F)CC(OC(F)(F)C(C)(C)F)=C(F)F. The fourth-order valence-corrected chi connectivity index (χ4v) is 1.02. The fraction of sp³-hybridized carbons (Fsp3) is 0.833. The maximum Gasteiger partial charge on any atom is 0.432 e. The summed E-state index contributed by atoms with van der Waals surface area (Å²) in [6.07, 6.45) is -12.9. The highest BCUT2D eigenvalue weighted by Crippen LogP contribution is 2.38. The number of unbranched alkanes of at least 4 members (excludes halogenated alkanes) is 1. The summed E-state index contributed by atoms with van der Waals surface area (Å²) in [5.74, 6) is -2.01. The third-order valence-corrected chi connectivity index (χ3v) is 2.33. The molecule has 21 heavy (non-hydrogen) atoms. The van der Waals surface area contributed by atoms with Gasteiger partial charge >= 0.3 is 18.3 Å². The highest BCUT2D eigenvalue weighted by Gasteiger charge is 2.52. The summed E-state index contributed by atoms with van der Waals surface area (Å²) in [5.41, 5.74) is -3.33. The van der Waals surface area contributed by atoms with Crippen molar-refractivity contribution in [2.45, 2.75) is 57.9 Å². The third kappa shape index (κ3) is 7.01. The molecule has 0 N–H and O–H groups in total. The van der Waals surface area contributed by atoms with Gasteiger partial charge in [-0.2, -0.15) is 26.3 Å². The van der Waals surface area contributed by atoms with Crippen molar-refractivity contribution in [1.29, 1.82) is 0 Å². The third-order valence-electron chi connectivity index (χ3n) is 2.33. The first kappa shape index (κ1) is 20.0. The van der Waals surface area contributed by atoms with Crippen molar-refractivity contribution >= 4 is 0 Å². The minimum Gasteiger partial charge on any atom is -0.429 e. The van der Waals surface area contributed by atoms with E-state index in [1.54, 1.807) is 6.92 Å². The molecular formula is C12H17F7O2. The van der Waals surface area contributed by atoms with Crippen molar-refractivity contribution in [2.75, 3.05) is 6.61 Å². The smallest absolute Gasteiger partial charge is 0.429 e. The molecule has 0 heterocycles. The van der Waals surface area contributed by atoms with Gasteiger partial charge in [0.2, 0.25) is 5.67 Å². The molecule has 2 nitrogen and oxygen atoms in total. The van der Waals surface area contributed by atoms with Crippen LogP contribution in [0.5, 0.6) is 0 Å². The molecule has 0 aliphatic rings. The second-order valence-electron chi connectivity index (χ2n) is 4.79. The van der Waals surface area contributed by atoms with Crippen molar-refractivity contribution in [3.63, 3.8) is 0 Å². The Kier molecular flexibility index (Phi) is 6.98. The lowest BCUT2D eigenvalue weighted by Crippen LogP contribution is -2.41. The van der Waals surface area contributed by atoms with Crippen molar-refractivity contribution in [3.05, 3.63) is 11.8 Å². The maximum absolute atomic E-state index is 13.2. The van der Waals surface area contributed by atoms with Gasteiger partial charge in [-0.15, -0.1) is 0 Å². The lowest BCUT2D eigenvalue weighted by molar-refractivity contribution is -0.296. The molecule has 0 spiro atoms. The summed E-state index contributed by atoms with van der Waals surface area (Å²) >= 11 is 0. The second kappa shape index (κ2) is 7.33. The van der Waals surface area contributed by atoms with Gasteiger partial charge in [0.15, 0.2) is 5.76 Å². The zero-order valence-electron chi connectivity index (χ0n) is 11.8. The highest BCUT2D eigenvalue weighted by atomic mass is 19.3. The minimum absolute atomic E-state index is 0.237. The quantitative estimate of drug-likeness (QED) is 0.327. The number of ether oxygens (including phenoxy) is 2. The summed E-state index contributed by atoms with van der Waals surface area (Å²) in [6.45, 7) is 1.99. The molecule has 0 rings (SSSR count). The number of hydrogen-bond donors (Lipinski definition) is 0. The number of halogens is 7. The summed E-state index contributed by atoms with van der Waals surface area (Å²) in [5, 5.41) is 0. The zero-order valence-corrected chi connectivity index (χ0v) is 11.8. The zero-order chi connectivity index (χ0) is 16.9. The van der Waals surface area contributed by atoms with Crippen molar-refractivity contribution in [2.24, 2.45) is 0 Å². The van der Waals surface area contributed by atoms with Gasteiger partial charge in [-0.25, -0.2) is 4.39 Å². The molecule has 0 bridgehead atoms. The minimum atomic E-state index is -4.69. The van der Waals surface area contributed by atoms with Gasteiger partial charge in [0.1, 0.15) is 6.42 Å². The van der Waals surface area contributed by atoms with Crippen molar-refractivity contribution < 1.29 is 40.2 Å². The standard InChI is InChI=1S/C12H17F7O2/c1-4-5-6-20-11(16,17)7-8(9(13)14)21-12(18,19)10(2,3)15/h4-7H2,1-3H3. The van der Waals surface area contributed by atoms with Crippen molar-refractivity contribution in [3.8, 4) is 0 Å². The van der Waals surface area contributed by atoms with Crippen LogP contribution >= 0.6 is 0 Å². The monoisotopic (exact) mass is 326 g/mol. The molecule has 0 aromatic rings. The van der Waals surface area contributed by atoms with Gasteiger partial charge in [0.05, 0.1) is 6.61 Å². The molecule has 0 fully saturated rings. The molecule has 0 aliphatic heterocycles. The van der Waals surface area contributed by atoms with Gasteiger partial charge in [-0.3, -0.25) is 0 Å². The van der Waals surface area contributed by atoms with E-state index >= 15 is 0 Å². The first-order valence-electron chi connectivity index (χ1n) is 6.14. The molecule has 0 aliphatic carbocycles. The number of alkyl halides is 5. The maximum atomic E-state index is 13.2. The normalized spacial score (nSPS) is 13.2. The fourth-order valence-electron chi connectivity index (χ4n) is 1.02. The van der Waals surface area contributed by atoms with Crippen LogP contribution < -0.4 is 0 Å². The molecule has 126 valence electrons. The lowest BCUT2D eigenvalue weighted by atomic mass is 10.1.